The molecule has 0 aromatic heterocycles. The van der Waals surface area contributed by atoms with Gasteiger partial charge in [-0.25, -0.2) is 13.2 Å². The van der Waals surface area contributed by atoms with E-state index in [-0.39, 0.29) is 23.7 Å². The van der Waals surface area contributed by atoms with E-state index in [1.54, 1.807) is 12.1 Å². The minimum atomic E-state index is -3.41. The number of benzene rings is 1. The first-order valence-electron chi connectivity index (χ1n) is 11.3. The van der Waals surface area contributed by atoms with Crippen LogP contribution in [0.5, 0.6) is 0 Å². The molecule has 3 aliphatic rings. The largest absolute Gasteiger partial charge is 0.456 e. The predicted octanol–water partition coefficient (Wildman–Crippen LogP) is 1.69. The van der Waals surface area contributed by atoms with Crippen molar-refractivity contribution in [2.45, 2.75) is 51.5 Å². The second-order valence-corrected chi connectivity index (χ2v) is 10.9. The van der Waals surface area contributed by atoms with Crippen molar-refractivity contribution in [1.29, 1.82) is 0 Å². The van der Waals surface area contributed by atoms with Crippen LogP contribution < -0.4 is 4.31 Å². The van der Waals surface area contributed by atoms with Crippen molar-refractivity contribution in [1.82, 2.24) is 4.90 Å². The van der Waals surface area contributed by atoms with Crippen molar-refractivity contribution in [2.75, 3.05) is 23.7 Å². The number of hydrogen-bond acceptors (Lipinski definition) is 7. The number of sulfonamides is 1. The number of anilines is 1. The summed E-state index contributed by atoms with van der Waals surface area (Å²) in [5.41, 5.74) is 1.61. The Morgan fingerprint density at radius 3 is 2.33 bits per heavy atom. The zero-order valence-corrected chi connectivity index (χ0v) is 19.6. The minimum Gasteiger partial charge on any atom is -0.456 e. The van der Waals surface area contributed by atoms with Gasteiger partial charge in [-0.3, -0.25) is 23.6 Å². The molecule has 10 heteroatoms. The van der Waals surface area contributed by atoms with Gasteiger partial charge in [0, 0.05) is 12.1 Å². The van der Waals surface area contributed by atoms with Crippen LogP contribution in [-0.2, 0) is 35.6 Å². The number of likely N-dealkylation sites (tertiary alicyclic amines) is 1. The van der Waals surface area contributed by atoms with Gasteiger partial charge < -0.3 is 4.74 Å². The highest BCUT2D eigenvalue weighted by Gasteiger charge is 2.51. The summed E-state index contributed by atoms with van der Waals surface area (Å²) in [6.45, 7) is 1.31. The van der Waals surface area contributed by atoms with Crippen molar-refractivity contribution in [3.63, 3.8) is 0 Å². The molecule has 178 valence electrons. The first-order chi connectivity index (χ1) is 15.6. The van der Waals surface area contributed by atoms with Crippen LogP contribution in [-0.4, -0.2) is 62.3 Å². The maximum atomic E-state index is 12.7. The number of esters is 1. The Morgan fingerprint density at radius 1 is 1.09 bits per heavy atom. The van der Waals surface area contributed by atoms with Gasteiger partial charge in [0.05, 0.1) is 23.8 Å². The van der Waals surface area contributed by atoms with Crippen LogP contribution in [0.3, 0.4) is 0 Å². The van der Waals surface area contributed by atoms with Crippen molar-refractivity contribution < 1.29 is 32.3 Å². The molecule has 1 aromatic rings. The van der Waals surface area contributed by atoms with Crippen LogP contribution in [0.4, 0.5) is 5.69 Å². The molecular formula is C23H28N2O7S. The lowest BCUT2D eigenvalue weighted by Gasteiger charge is -2.29. The number of carbonyl (C=O) groups is 4. The highest BCUT2D eigenvalue weighted by atomic mass is 32.2. The number of carbonyl (C=O) groups excluding carboxylic acids is 4. The van der Waals surface area contributed by atoms with Crippen LogP contribution >= 0.6 is 0 Å². The minimum absolute atomic E-state index is 0.309. The molecule has 0 radical (unpaired) electrons. The summed E-state index contributed by atoms with van der Waals surface area (Å²) in [7, 11) is -3.41. The number of rotatable bonds is 6. The molecule has 4 rings (SSSR count). The number of imide groups is 1. The molecule has 3 atom stereocenters. The fraction of sp³-hybridized carbons (Fsp3) is 0.565. The van der Waals surface area contributed by atoms with Gasteiger partial charge in [0.2, 0.25) is 21.8 Å². The van der Waals surface area contributed by atoms with Crippen LogP contribution in [0.1, 0.15) is 54.9 Å². The predicted molar refractivity (Wildman–Crippen MR) is 119 cm³/mol. The summed E-state index contributed by atoms with van der Waals surface area (Å²) in [4.78, 5) is 51.5. The van der Waals surface area contributed by atoms with E-state index in [0.717, 1.165) is 29.6 Å². The monoisotopic (exact) mass is 476 g/mol. The number of aryl methyl sites for hydroxylation is 1. The van der Waals surface area contributed by atoms with Gasteiger partial charge in [-0.2, -0.15) is 0 Å². The number of hydrogen-bond donors (Lipinski definition) is 0. The molecule has 2 amide bonds. The number of nitrogens with zero attached hydrogens (tertiary/aromatic N) is 2. The Morgan fingerprint density at radius 2 is 1.73 bits per heavy atom. The number of ketones is 1. The molecule has 33 heavy (non-hydrogen) atoms. The Kier molecular flexibility index (Phi) is 6.30. The molecule has 1 aromatic carbocycles. The lowest BCUT2D eigenvalue weighted by Crippen LogP contribution is -2.44. The second kappa shape index (κ2) is 8.89. The molecule has 1 saturated heterocycles. The van der Waals surface area contributed by atoms with E-state index in [0.29, 0.717) is 43.5 Å². The van der Waals surface area contributed by atoms with E-state index in [1.807, 2.05) is 0 Å². The summed E-state index contributed by atoms with van der Waals surface area (Å²) in [6.07, 6.45) is 5.52. The summed E-state index contributed by atoms with van der Waals surface area (Å²) in [5.74, 6) is -2.61. The van der Waals surface area contributed by atoms with Crippen LogP contribution in [0.25, 0.3) is 0 Å². The summed E-state index contributed by atoms with van der Waals surface area (Å²) in [6, 6.07) is 3.65. The van der Waals surface area contributed by atoms with E-state index in [9.17, 15) is 27.6 Å². The maximum Gasteiger partial charge on any atom is 0.329 e. The van der Waals surface area contributed by atoms with E-state index in [4.69, 9.17) is 4.74 Å². The Bertz CT molecular complexity index is 1090. The number of ether oxygens (including phenoxy) is 1. The Labute approximate surface area is 193 Å². The van der Waals surface area contributed by atoms with Gasteiger partial charge in [-0.1, -0.05) is 12.8 Å². The lowest BCUT2D eigenvalue weighted by atomic mass is 9.81. The third kappa shape index (κ3) is 4.40. The van der Waals surface area contributed by atoms with Crippen molar-refractivity contribution in [3.05, 3.63) is 29.3 Å². The van der Waals surface area contributed by atoms with Crippen LogP contribution in [0.2, 0.25) is 0 Å². The highest BCUT2D eigenvalue weighted by Crippen LogP contribution is 2.39. The molecule has 1 aliphatic carbocycles. The quantitative estimate of drug-likeness (QED) is 0.348. The summed E-state index contributed by atoms with van der Waals surface area (Å²) in [5, 5.41) is 0. The molecule has 2 heterocycles. The van der Waals surface area contributed by atoms with Gasteiger partial charge in [-0.05, 0) is 56.4 Å². The number of amides is 2. The standard InChI is InChI=1S/C23H28N2O7S/c1-14(25-21(27)17-7-3-4-8-18(17)22(25)28)23(29)32-13-20(26)16-9-10-19-15(12-16)6-5-11-24(19)33(2,30)31/h9-10,12,14,17-18H,3-8,11,13H2,1-2H3. The summed E-state index contributed by atoms with van der Waals surface area (Å²) >= 11 is 0. The zero-order valence-electron chi connectivity index (χ0n) is 18.8. The molecule has 0 N–H and O–H groups in total. The van der Waals surface area contributed by atoms with Gasteiger partial charge in [0.15, 0.2) is 12.4 Å². The van der Waals surface area contributed by atoms with Gasteiger partial charge in [-0.15, -0.1) is 0 Å². The van der Waals surface area contributed by atoms with E-state index >= 15 is 0 Å². The average Bonchev–Trinajstić information content (AvgIpc) is 3.05. The van der Waals surface area contributed by atoms with Crippen LogP contribution in [0.15, 0.2) is 18.2 Å². The number of fused-ring (bicyclic) bond motifs is 2. The van der Waals surface area contributed by atoms with E-state index in [2.05, 4.69) is 0 Å². The first kappa shape index (κ1) is 23.4. The smallest absolute Gasteiger partial charge is 0.329 e. The zero-order chi connectivity index (χ0) is 23.9. The fourth-order valence-electron chi connectivity index (χ4n) is 5.10. The molecule has 1 saturated carbocycles. The third-order valence-corrected chi connectivity index (χ3v) is 8.01. The van der Waals surface area contributed by atoms with Crippen LogP contribution in [0, 0.1) is 11.8 Å². The highest BCUT2D eigenvalue weighted by molar-refractivity contribution is 7.92. The second-order valence-electron chi connectivity index (χ2n) is 9.03. The normalized spacial score (nSPS) is 23.7. The third-order valence-electron chi connectivity index (χ3n) is 6.83. The van der Waals surface area contributed by atoms with Crippen molar-refractivity contribution in [2.24, 2.45) is 11.8 Å². The lowest BCUT2D eigenvalue weighted by molar-refractivity contribution is -0.157. The van der Waals surface area contributed by atoms with Crippen molar-refractivity contribution >= 4 is 39.3 Å². The van der Waals surface area contributed by atoms with Crippen molar-refractivity contribution in [3.8, 4) is 0 Å². The first-order valence-corrected chi connectivity index (χ1v) is 13.1. The van der Waals surface area contributed by atoms with E-state index in [1.165, 1.54) is 17.3 Å². The SMILES string of the molecule is CC(C(=O)OCC(=O)c1ccc2c(c1)CCCN2S(C)(=O)=O)N1C(=O)C2CCCCC2C1=O. The molecule has 0 bridgehead atoms. The Hall–Kier alpha value is -2.75. The fourth-order valence-corrected chi connectivity index (χ4v) is 6.09. The molecule has 2 aliphatic heterocycles. The molecule has 3 unspecified atom stereocenters. The Balaban J connectivity index is 1.40. The maximum absolute atomic E-state index is 12.7. The van der Waals surface area contributed by atoms with Gasteiger partial charge in [0.25, 0.3) is 0 Å². The average molecular weight is 477 g/mol. The molecule has 9 nitrogen and oxygen atoms in total. The molecular weight excluding hydrogens is 448 g/mol. The molecule has 0 spiro atoms. The van der Waals surface area contributed by atoms with E-state index < -0.39 is 34.4 Å². The van der Waals surface area contributed by atoms with Gasteiger partial charge >= 0.3 is 5.97 Å². The van der Waals surface area contributed by atoms with Gasteiger partial charge in [0.1, 0.15) is 6.04 Å². The number of Topliss-reactive ketones (excluding diaryl/α,β-unsaturated/α-hetero) is 1. The summed E-state index contributed by atoms with van der Waals surface area (Å²) < 4.78 is 30.5. The molecule has 2 fully saturated rings. The topological polar surface area (TPSA) is 118 Å².